The number of nitrogens with zero attached hydrogens (tertiary/aromatic N) is 2. The molecule has 21 heavy (non-hydrogen) atoms. The fraction of sp³-hybridized carbons (Fsp3) is 0.467. The number of nitrogens with one attached hydrogen (secondary N) is 1. The van der Waals surface area contributed by atoms with Crippen LogP contribution in [0, 0.1) is 12.8 Å². The molecule has 1 unspecified atom stereocenters. The van der Waals surface area contributed by atoms with Gasteiger partial charge in [-0.05, 0) is 37.0 Å². The summed E-state index contributed by atoms with van der Waals surface area (Å²) in [6, 6.07) is 6.06. The second-order valence-corrected chi connectivity index (χ2v) is 6.19. The summed E-state index contributed by atoms with van der Waals surface area (Å²) < 4.78 is 10.6. The van der Waals surface area contributed by atoms with Crippen LogP contribution in [0.2, 0.25) is 0 Å². The lowest BCUT2D eigenvalue weighted by molar-refractivity contribution is 0.354. The van der Waals surface area contributed by atoms with E-state index in [1.807, 2.05) is 19.1 Å². The molecular weight excluding hydrogens is 286 g/mol. The van der Waals surface area contributed by atoms with Crippen molar-refractivity contribution in [2.75, 3.05) is 26.1 Å². The van der Waals surface area contributed by atoms with Gasteiger partial charge in [-0.25, -0.2) is 0 Å². The SMILES string of the molecule is COc1ccc(CC(C)CNc2nnc(C)s2)cc1OC. The Morgan fingerprint density at radius 1 is 1.19 bits per heavy atom. The Morgan fingerprint density at radius 3 is 2.57 bits per heavy atom. The normalized spacial score (nSPS) is 12.0. The largest absolute Gasteiger partial charge is 0.493 e. The molecule has 0 spiro atoms. The molecule has 0 saturated carbocycles. The molecule has 6 heteroatoms. The minimum absolute atomic E-state index is 0.479. The Morgan fingerprint density at radius 2 is 1.95 bits per heavy atom. The number of ether oxygens (including phenoxy) is 2. The minimum atomic E-state index is 0.479. The molecule has 0 fully saturated rings. The maximum Gasteiger partial charge on any atom is 0.205 e. The summed E-state index contributed by atoms with van der Waals surface area (Å²) >= 11 is 1.58. The summed E-state index contributed by atoms with van der Waals surface area (Å²) in [6.07, 6.45) is 0.963. The molecule has 5 nitrogen and oxygen atoms in total. The molecule has 0 bridgehead atoms. The van der Waals surface area contributed by atoms with Crippen LogP contribution in [0.15, 0.2) is 18.2 Å². The molecule has 0 radical (unpaired) electrons. The molecule has 0 amide bonds. The van der Waals surface area contributed by atoms with Gasteiger partial charge in [-0.2, -0.15) is 0 Å². The molecule has 1 heterocycles. The molecule has 0 saturated heterocycles. The van der Waals surface area contributed by atoms with E-state index in [0.717, 1.165) is 34.6 Å². The standard InChI is InChI=1S/C15H21N3O2S/c1-10(9-16-15-18-17-11(2)21-15)7-12-5-6-13(19-3)14(8-12)20-4/h5-6,8,10H,7,9H2,1-4H3,(H,16,18). The average molecular weight is 307 g/mol. The zero-order valence-electron chi connectivity index (χ0n) is 12.8. The highest BCUT2D eigenvalue weighted by molar-refractivity contribution is 7.15. The summed E-state index contributed by atoms with van der Waals surface area (Å²) in [5.41, 5.74) is 1.23. The molecule has 0 aliphatic carbocycles. The Balaban J connectivity index is 1.91. The summed E-state index contributed by atoms with van der Waals surface area (Å²) in [6.45, 7) is 5.02. The first-order valence-corrected chi connectivity index (χ1v) is 7.69. The van der Waals surface area contributed by atoms with Crippen molar-refractivity contribution in [3.63, 3.8) is 0 Å². The van der Waals surface area contributed by atoms with Gasteiger partial charge in [-0.3, -0.25) is 0 Å². The van der Waals surface area contributed by atoms with Crippen molar-refractivity contribution in [2.24, 2.45) is 5.92 Å². The monoisotopic (exact) mass is 307 g/mol. The number of rotatable bonds is 7. The van der Waals surface area contributed by atoms with E-state index in [1.165, 1.54) is 5.56 Å². The van der Waals surface area contributed by atoms with Crippen molar-refractivity contribution in [3.8, 4) is 11.5 Å². The van der Waals surface area contributed by atoms with Crippen LogP contribution in [0.1, 0.15) is 17.5 Å². The Bertz CT molecular complexity index is 586. The smallest absolute Gasteiger partial charge is 0.205 e. The third-order valence-corrected chi connectivity index (χ3v) is 3.96. The number of methoxy groups -OCH3 is 2. The number of hydrogen-bond donors (Lipinski definition) is 1. The summed E-state index contributed by atoms with van der Waals surface area (Å²) in [5, 5.41) is 13.2. The zero-order valence-corrected chi connectivity index (χ0v) is 13.7. The molecule has 1 aromatic heterocycles. The van der Waals surface area contributed by atoms with Crippen molar-refractivity contribution in [3.05, 3.63) is 28.8 Å². The van der Waals surface area contributed by atoms with Crippen LogP contribution in [0.4, 0.5) is 5.13 Å². The highest BCUT2D eigenvalue weighted by Crippen LogP contribution is 2.28. The van der Waals surface area contributed by atoms with Gasteiger partial charge in [0.25, 0.3) is 0 Å². The van der Waals surface area contributed by atoms with E-state index in [-0.39, 0.29) is 0 Å². The van der Waals surface area contributed by atoms with E-state index in [9.17, 15) is 0 Å². The van der Waals surface area contributed by atoms with Crippen molar-refractivity contribution < 1.29 is 9.47 Å². The van der Waals surface area contributed by atoms with Gasteiger partial charge in [0.15, 0.2) is 11.5 Å². The van der Waals surface area contributed by atoms with Gasteiger partial charge in [-0.1, -0.05) is 24.3 Å². The molecule has 1 aromatic carbocycles. The number of benzene rings is 1. The van der Waals surface area contributed by atoms with Gasteiger partial charge in [0.2, 0.25) is 5.13 Å². The second-order valence-electron chi connectivity index (χ2n) is 5.01. The lowest BCUT2D eigenvalue weighted by Crippen LogP contribution is -2.13. The molecule has 2 rings (SSSR count). The minimum Gasteiger partial charge on any atom is -0.493 e. The van der Waals surface area contributed by atoms with Crippen LogP contribution in [0.5, 0.6) is 11.5 Å². The van der Waals surface area contributed by atoms with E-state index < -0.39 is 0 Å². The van der Waals surface area contributed by atoms with Gasteiger partial charge < -0.3 is 14.8 Å². The summed E-state index contributed by atoms with van der Waals surface area (Å²) in [5.74, 6) is 2.01. The molecule has 0 aliphatic rings. The van der Waals surface area contributed by atoms with E-state index in [2.05, 4.69) is 28.5 Å². The molecule has 114 valence electrons. The van der Waals surface area contributed by atoms with Gasteiger partial charge in [-0.15, -0.1) is 10.2 Å². The van der Waals surface area contributed by atoms with Crippen LogP contribution >= 0.6 is 11.3 Å². The van der Waals surface area contributed by atoms with Crippen LogP contribution in [-0.4, -0.2) is 31.0 Å². The fourth-order valence-corrected chi connectivity index (χ4v) is 2.71. The number of aromatic nitrogens is 2. The van der Waals surface area contributed by atoms with Gasteiger partial charge in [0.05, 0.1) is 14.2 Å². The van der Waals surface area contributed by atoms with Crippen molar-refractivity contribution in [2.45, 2.75) is 20.3 Å². The predicted molar refractivity (Wildman–Crippen MR) is 85.5 cm³/mol. The number of aryl methyl sites for hydroxylation is 1. The van der Waals surface area contributed by atoms with E-state index in [0.29, 0.717) is 5.92 Å². The molecule has 0 aliphatic heterocycles. The summed E-state index contributed by atoms with van der Waals surface area (Å²) in [4.78, 5) is 0. The van der Waals surface area contributed by atoms with Gasteiger partial charge in [0, 0.05) is 6.54 Å². The van der Waals surface area contributed by atoms with E-state index in [1.54, 1.807) is 25.6 Å². The van der Waals surface area contributed by atoms with Crippen molar-refractivity contribution in [1.82, 2.24) is 10.2 Å². The second kappa shape index (κ2) is 7.26. The first-order chi connectivity index (χ1) is 10.1. The maximum absolute atomic E-state index is 5.33. The predicted octanol–water partition coefficient (Wildman–Crippen LogP) is 3.15. The number of anilines is 1. The lowest BCUT2D eigenvalue weighted by Gasteiger charge is -2.14. The van der Waals surface area contributed by atoms with Crippen molar-refractivity contribution in [1.29, 1.82) is 0 Å². The van der Waals surface area contributed by atoms with Crippen LogP contribution in [-0.2, 0) is 6.42 Å². The highest BCUT2D eigenvalue weighted by Gasteiger charge is 2.09. The highest BCUT2D eigenvalue weighted by atomic mass is 32.1. The van der Waals surface area contributed by atoms with Crippen LogP contribution in [0.3, 0.4) is 0 Å². The van der Waals surface area contributed by atoms with Crippen LogP contribution in [0.25, 0.3) is 0 Å². The first-order valence-electron chi connectivity index (χ1n) is 6.87. The zero-order chi connectivity index (χ0) is 15.2. The lowest BCUT2D eigenvalue weighted by atomic mass is 10.0. The topological polar surface area (TPSA) is 56.3 Å². The fourth-order valence-electron chi connectivity index (χ4n) is 2.11. The molecule has 1 N–H and O–H groups in total. The Labute approximate surface area is 129 Å². The van der Waals surface area contributed by atoms with Gasteiger partial charge >= 0.3 is 0 Å². The van der Waals surface area contributed by atoms with Crippen LogP contribution < -0.4 is 14.8 Å². The molecule has 2 aromatic rings. The first kappa shape index (κ1) is 15.6. The third-order valence-electron chi connectivity index (χ3n) is 3.16. The molecule has 1 atom stereocenters. The quantitative estimate of drug-likeness (QED) is 0.851. The van der Waals surface area contributed by atoms with E-state index >= 15 is 0 Å². The van der Waals surface area contributed by atoms with Gasteiger partial charge in [0.1, 0.15) is 5.01 Å². The maximum atomic E-state index is 5.33. The van der Waals surface area contributed by atoms with Crippen molar-refractivity contribution >= 4 is 16.5 Å². The Kier molecular flexibility index (Phi) is 5.38. The Hall–Kier alpha value is -1.82. The average Bonchev–Trinajstić information content (AvgIpc) is 2.90. The number of hydrogen-bond acceptors (Lipinski definition) is 6. The molecular formula is C15H21N3O2S. The van der Waals surface area contributed by atoms with E-state index in [4.69, 9.17) is 9.47 Å². The third kappa shape index (κ3) is 4.32. The summed E-state index contributed by atoms with van der Waals surface area (Å²) in [7, 11) is 3.30.